The van der Waals surface area contributed by atoms with Gasteiger partial charge in [0.2, 0.25) is 5.91 Å². The van der Waals surface area contributed by atoms with Gasteiger partial charge in [-0.3, -0.25) is 14.2 Å². The number of ether oxygens (including phenoxy) is 1. The number of aliphatic carboxylic acids is 1. The Morgan fingerprint density at radius 2 is 1.87 bits per heavy atom. The molecule has 194 valence electrons. The van der Waals surface area contributed by atoms with Crippen LogP contribution < -0.4 is 10.5 Å². The summed E-state index contributed by atoms with van der Waals surface area (Å²) in [5.74, 6) is -1.35. The van der Waals surface area contributed by atoms with E-state index in [1.165, 1.54) is 17.9 Å². The van der Waals surface area contributed by atoms with Gasteiger partial charge in [-0.05, 0) is 48.0 Å². The summed E-state index contributed by atoms with van der Waals surface area (Å²) >= 11 is 3.45. The average Bonchev–Trinajstić information content (AvgIpc) is 3.30. The SMILES string of the molecule is COc1ccc(C#N)cc1C=C(C#N)c1cn(C(=O)C[C@](N)(Cc2ccccc2)C(=O)O)c2ccc(Br)cc12. The Labute approximate surface area is 233 Å². The monoisotopic (exact) mass is 582 g/mol. The summed E-state index contributed by atoms with van der Waals surface area (Å²) in [4.78, 5) is 25.8. The van der Waals surface area contributed by atoms with E-state index in [0.29, 0.717) is 38.9 Å². The first-order chi connectivity index (χ1) is 18.7. The van der Waals surface area contributed by atoms with Crippen molar-refractivity contribution < 1.29 is 19.4 Å². The highest BCUT2D eigenvalue weighted by atomic mass is 79.9. The molecule has 8 nitrogen and oxygen atoms in total. The molecule has 39 heavy (non-hydrogen) atoms. The zero-order chi connectivity index (χ0) is 28.2. The van der Waals surface area contributed by atoms with Crippen molar-refractivity contribution in [3.05, 3.63) is 99.7 Å². The second kappa shape index (κ2) is 11.4. The average molecular weight is 583 g/mol. The van der Waals surface area contributed by atoms with Gasteiger partial charge in [0.25, 0.3) is 0 Å². The van der Waals surface area contributed by atoms with E-state index in [0.717, 1.165) is 4.47 Å². The van der Waals surface area contributed by atoms with Crippen LogP contribution in [0.4, 0.5) is 0 Å². The van der Waals surface area contributed by atoms with Gasteiger partial charge < -0.3 is 15.6 Å². The van der Waals surface area contributed by atoms with Gasteiger partial charge in [-0.2, -0.15) is 10.5 Å². The van der Waals surface area contributed by atoms with Gasteiger partial charge in [0.15, 0.2) is 0 Å². The van der Waals surface area contributed by atoms with Crippen LogP contribution in [0.2, 0.25) is 0 Å². The molecule has 3 N–H and O–H groups in total. The molecule has 0 fully saturated rings. The van der Waals surface area contributed by atoms with Crippen molar-refractivity contribution in [1.82, 2.24) is 4.57 Å². The van der Waals surface area contributed by atoms with E-state index in [4.69, 9.17) is 10.5 Å². The lowest BCUT2D eigenvalue weighted by Gasteiger charge is -2.24. The van der Waals surface area contributed by atoms with Crippen molar-refractivity contribution in [1.29, 1.82) is 10.5 Å². The van der Waals surface area contributed by atoms with Gasteiger partial charge in [0.05, 0.1) is 42.3 Å². The topological polar surface area (TPSA) is 142 Å². The lowest BCUT2D eigenvalue weighted by Crippen LogP contribution is -2.52. The Balaban J connectivity index is 1.81. The number of carboxylic acids is 1. The van der Waals surface area contributed by atoms with Gasteiger partial charge >= 0.3 is 5.97 Å². The first-order valence-electron chi connectivity index (χ1n) is 11.8. The van der Waals surface area contributed by atoms with Gasteiger partial charge in [0, 0.05) is 33.6 Å². The summed E-state index contributed by atoms with van der Waals surface area (Å²) in [6, 6.07) is 23.2. The number of hydrogen-bond donors (Lipinski definition) is 2. The molecule has 0 aliphatic heterocycles. The molecule has 1 aromatic heterocycles. The lowest BCUT2D eigenvalue weighted by atomic mass is 9.88. The second-order valence-corrected chi connectivity index (χ2v) is 9.92. The Bertz CT molecular complexity index is 1700. The summed E-state index contributed by atoms with van der Waals surface area (Å²) in [6.07, 6.45) is 2.59. The largest absolute Gasteiger partial charge is 0.496 e. The Kier molecular flexibility index (Phi) is 7.96. The van der Waals surface area contributed by atoms with Crippen LogP contribution in [0.1, 0.15) is 33.5 Å². The Morgan fingerprint density at radius 3 is 2.51 bits per heavy atom. The van der Waals surface area contributed by atoms with E-state index in [-0.39, 0.29) is 12.0 Å². The number of carboxylic acid groups (broad SMARTS) is 1. The first-order valence-corrected chi connectivity index (χ1v) is 12.6. The maximum absolute atomic E-state index is 13.6. The van der Waals surface area contributed by atoms with Gasteiger partial charge in [-0.15, -0.1) is 0 Å². The predicted octanol–water partition coefficient (Wildman–Crippen LogP) is 5.40. The van der Waals surface area contributed by atoms with E-state index in [9.17, 15) is 25.2 Å². The summed E-state index contributed by atoms with van der Waals surface area (Å²) in [7, 11) is 1.49. The fourth-order valence-corrected chi connectivity index (χ4v) is 4.76. The molecule has 0 radical (unpaired) electrons. The van der Waals surface area contributed by atoms with E-state index in [1.807, 2.05) is 6.07 Å². The number of benzene rings is 3. The number of carbonyl (C=O) groups is 2. The van der Waals surface area contributed by atoms with E-state index in [2.05, 4.69) is 28.1 Å². The highest BCUT2D eigenvalue weighted by molar-refractivity contribution is 9.10. The molecule has 0 spiro atoms. The number of hydrogen-bond acceptors (Lipinski definition) is 6. The Hall–Kier alpha value is -4.70. The minimum absolute atomic E-state index is 0.0368. The minimum atomic E-state index is -1.84. The van der Waals surface area contributed by atoms with Crippen LogP contribution in [0.3, 0.4) is 0 Å². The third kappa shape index (κ3) is 5.75. The van der Waals surface area contributed by atoms with Crippen LogP contribution in [0.5, 0.6) is 5.75 Å². The molecule has 0 saturated carbocycles. The number of aromatic nitrogens is 1. The van der Waals surface area contributed by atoms with Crippen LogP contribution in [-0.2, 0) is 11.2 Å². The molecule has 0 aliphatic carbocycles. The number of carbonyl (C=O) groups excluding carboxylic acids is 1. The van der Waals surface area contributed by atoms with E-state index < -0.39 is 23.8 Å². The smallest absolute Gasteiger partial charge is 0.324 e. The molecule has 0 unspecified atom stereocenters. The number of nitrogens with zero attached hydrogens (tertiary/aromatic N) is 3. The molecule has 3 aromatic carbocycles. The lowest BCUT2D eigenvalue weighted by molar-refractivity contribution is -0.143. The minimum Gasteiger partial charge on any atom is -0.496 e. The van der Waals surface area contributed by atoms with E-state index >= 15 is 0 Å². The van der Waals surface area contributed by atoms with Gasteiger partial charge in [-0.25, -0.2) is 0 Å². The molecule has 0 aliphatic rings. The molecule has 9 heteroatoms. The van der Waals surface area contributed by atoms with Gasteiger partial charge in [-0.1, -0.05) is 46.3 Å². The number of allylic oxidation sites excluding steroid dienone is 1. The van der Waals surface area contributed by atoms with Crippen molar-refractivity contribution in [3.63, 3.8) is 0 Å². The summed E-state index contributed by atoms with van der Waals surface area (Å²) in [6.45, 7) is 0. The number of methoxy groups -OCH3 is 1. The zero-order valence-electron chi connectivity index (χ0n) is 20.9. The van der Waals surface area contributed by atoms with Crippen LogP contribution in [0, 0.1) is 22.7 Å². The van der Waals surface area contributed by atoms with Crippen LogP contribution in [0.25, 0.3) is 22.6 Å². The number of nitrogens with two attached hydrogens (primary N) is 1. The fourth-order valence-electron chi connectivity index (χ4n) is 4.39. The second-order valence-electron chi connectivity index (χ2n) is 9.01. The maximum Gasteiger partial charge on any atom is 0.324 e. The number of halogens is 1. The van der Waals surface area contributed by atoms with Crippen LogP contribution >= 0.6 is 15.9 Å². The van der Waals surface area contributed by atoms with Crippen LogP contribution in [-0.4, -0.2) is 34.2 Å². The van der Waals surface area contributed by atoms with Crippen molar-refractivity contribution in [2.45, 2.75) is 18.4 Å². The number of fused-ring (bicyclic) bond motifs is 1. The first kappa shape index (κ1) is 27.3. The van der Waals surface area contributed by atoms with Crippen molar-refractivity contribution in [2.24, 2.45) is 5.73 Å². The molecule has 0 saturated heterocycles. The standard InChI is InChI=1S/C30H23BrN4O4/c1-39-27-10-7-20(16-32)11-21(27)12-22(17-33)25-18-35(26-9-8-23(31)13-24(25)26)28(36)15-30(34,29(37)38)14-19-5-3-2-4-6-19/h2-13,18H,14-15,34H2,1H3,(H,37,38)/t30-/m1/s1. The third-order valence-electron chi connectivity index (χ3n) is 6.36. The van der Waals surface area contributed by atoms with Crippen LogP contribution in [0.15, 0.2) is 77.4 Å². The zero-order valence-corrected chi connectivity index (χ0v) is 22.5. The molecule has 0 bridgehead atoms. The molecular formula is C30H23BrN4O4. The molecule has 1 atom stereocenters. The Morgan fingerprint density at radius 1 is 1.13 bits per heavy atom. The normalized spacial score (nSPS) is 12.8. The molecule has 1 heterocycles. The molecule has 0 amide bonds. The molecular weight excluding hydrogens is 560 g/mol. The van der Waals surface area contributed by atoms with Crippen molar-refractivity contribution in [3.8, 4) is 17.9 Å². The summed E-state index contributed by atoms with van der Waals surface area (Å²) in [5, 5.41) is 30.0. The van der Waals surface area contributed by atoms with E-state index in [1.54, 1.807) is 66.7 Å². The molecule has 4 rings (SSSR count). The fraction of sp³-hybridized carbons (Fsp3) is 0.133. The summed E-state index contributed by atoms with van der Waals surface area (Å²) in [5.41, 5.74) is 7.22. The van der Waals surface area contributed by atoms with Crippen molar-refractivity contribution >= 4 is 50.4 Å². The number of rotatable bonds is 8. The van der Waals surface area contributed by atoms with Crippen molar-refractivity contribution in [2.75, 3.05) is 7.11 Å². The highest BCUT2D eigenvalue weighted by Gasteiger charge is 2.37. The highest BCUT2D eigenvalue weighted by Crippen LogP contribution is 2.33. The number of nitriles is 2. The quantitative estimate of drug-likeness (QED) is 0.265. The van der Waals surface area contributed by atoms with Gasteiger partial charge in [0.1, 0.15) is 11.3 Å². The third-order valence-corrected chi connectivity index (χ3v) is 6.85. The summed E-state index contributed by atoms with van der Waals surface area (Å²) < 4.78 is 7.46. The maximum atomic E-state index is 13.6. The molecule has 4 aromatic rings. The predicted molar refractivity (Wildman–Crippen MR) is 151 cm³/mol.